The van der Waals surface area contributed by atoms with Crippen molar-refractivity contribution in [2.75, 3.05) is 49.5 Å². The van der Waals surface area contributed by atoms with E-state index in [9.17, 15) is 4.79 Å². The van der Waals surface area contributed by atoms with Crippen LogP contribution >= 0.6 is 0 Å². The highest BCUT2D eigenvalue weighted by molar-refractivity contribution is 6.09. The van der Waals surface area contributed by atoms with Crippen molar-refractivity contribution >= 4 is 22.8 Å². The quantitative estimate of drug-likeness (QED) is 0.430. The summed E-state index contributed by atoms with van der Waals surface area (Å²) in [6.45, 7) is 8.03. The molecule has 0 unspecified atom stereocenters. The van der Waals surface area contributed by atoms with Gasteiger partial charge in [0.1, 0.15) is 0 Å². The minimum atomic E-state index is -0.190. The third-order valence-electron chi connectivity index (χ3n) is 7.96. The van der Waals surface area contributed by atoms with Crippen molar-refractivity contribution < 1.29 is 4.79 Å². The van der Waals surface area contributed by atoms with E-state index in [4.69, 9.17) is 0 Å². The Balaban J connectivity index is 1.13. The second-order valence-electron chi connectivity index (χ2n) is 10.3. The van der Waals surface area contributed by atoms with E-state index in [0.717, 1.165) is 60.7 Å². The van der Waals surface area contributed by atoms with Gasteiger partial charge >= 0.3 is 0 Å². The Bertz CT molecular complexity index is 1470. The average molecular weight is 499 g/mol. The van der Waals surface area contributed by atoms with Crippen LogP contribution in [0.25, 0.3) is 16.9 Å². The molecule has 3 fully saturated rings. The number of nitrogens with zero attached hydrogens (tertiary/aromatic N) is 8. The summed E-state index contributed by atoms with van der Waals surface area (Å²) in [7, 11) is 0. The molecule has 1 aromatic carbocycles. The van der Waals surface area contributed by atoms with Crippen molar-refractivity contribution in [2.24, 2.45) is 0 Å². The van der Waals surface area contributed by atoms with Crippen molar-refractivity contribution in [3.63, 3.8) is 0 Å². The fourth-order valence-electron chi connectivity index (χ4n) is 5.58. The minimum absolute atomic E-state index is 0.190. The molecule has 4 aromatic rings. The molecule has 1 amide bonds. The van der Waals surface area contributed by atoms with Gasteiger partial charge in [0, 0.05) is 61.9 Å². The zero-order valence-corrected chi connectivity index (χ0v) is 20.8. The second kappa shape index (κ2) is 8.93. The normalized spacial score (nSPS) is 20.2. The topological polar surface area (TPSA) is 109 Å². The van der Waals surface area contributed by atoms with Gasteiger partial charge in [0.2, 0.25) is 5.82 Å². The highest BCUT2D eigenvalue weighted by Gasteiger charge is 2.31. The number of pyridine rings is 1. The number of anilines is 2. The van der Waals surface area contributed by atoms with Crippen LogP contribution in [0.4, 0.5) is 11.4 Å². The Morgan fingerprint density at radius 3 is 2.89 bits per heavy atom. The standard InChI is InChI=1S/C26H30N10O/c1-17-4-5-18(25-30-32-36(31-25)21-13-27-14-21)11-23(17)29-26(37)22-15-28-35-8-6-19(12-24(22)35)34-10-9-33-7-2-3-20(33)16-34/h4-6,8,11-12,15,20-21,27H,2-3,7,9-10,13-14,16H2,1H3,(H,29,37)/t20-/m1/s1. The number of fused-ring (bicyclic) bond motifs is 2. The van der Waals surface area contributed by atoms with Crippen molar-refractivity contribution in [2.45, 2.75) is 31.8 Å². The van der Waals surface area contributed by atoms with Gasteiger partial charge in [0.25, 0.3) is 5.91 Å². The van der Waals surface area contributed by atoms with Gasteiger partial charge in [-0.1, -0.05) is 12.1 Å². The van der Waals surface area contributed by atoms with Gasteiger partial charge in [-0.05, 0) is 55.3 Å². The Morgan fingerprint density at radius 1 is 1.11 bits per heavy atom. The van der Waals surface area contributed by atoms with Crippen LogP contribution in [-0.2, 0) is 0 Å². The summed E-state index contributed by atoms with van der Waals surface area (Å²) in [5.74, 6) is 0.357. The van der Waals surface area contributed by atoms with E-state index < -0.39 is 0 Å². The van der Waals surface area contributed by atoms with Gasteiger partial charge < -0.3 is 15.5 Å². The number of hydrogen-bond donors (Lipinski definition) is 2. The first-order valence-electron chi connectivity index (χ1n) is 13.0. The molecule has 6 heterocycles. The third kappa shape index (κ3) is 4.04. The lowest BCUT2D eigenvalue weighted by Crippen LogP contribution is -2.50. The molecule has 0 bridgehead atoms. The van der Waals surface area contributed by atoms with Crippen LogP contribution in [0.3, 0.4) is 0 Å². The zero-order valence-electron chi connectivity index (χ0n) is 20.8. The lowest BCUT2D eigenvalue weighted by atomic mass is 10.1. The molecule has 190 valence electrons. The van der Waals surface area contributed by atoms with E-state index in [1.54, 1.807) is 15.5 Å². The van der Waals surface area contributed by atoms with Crippen LogP contribution in [0.2, 0.25) is 0 Å². The summed E-state index contributed by atoms with van der Waals surface area (Å²) in [6, 6.07) is 10.9. The lowest BCUT2D eigenvalue weighted by Gasteiger charge is -2.38. The molecule has 3 saturated heterocycles. The predicted molar refractivity (Wildman–Crippen MR) is 140 cm³/mol. The van der Waals surface area contributed by atoms with Crippen LogP contribution in [-0.4, -0.2) is 85.9 Å². The maximum atomic E-state index is 13.4. The number of benzene rings is 1. The molecule has 1 atom stereocenters. The Hall–Kier alpha value is -3.83. The average Bonchev–Trinajstić information content (AvgIpc) is 3.63. The molecular weight excluding hydrogens is 468 g/mol. The minimum Gasteiger partial charge on any atom is -0.369 e. The first-order valence-corrected chi connectivity index (χ1v) is 13.0. The molecule has 0 saturated carbocycles. The molecule has 11 nitrogen and oxygen atoms in total. The lowest BCUT2D eigenvalue weighted by molar-refractivity contribution is 0.102. The summed E-state index contributed by atoms with van der Waals surface area (Å²) in [5.41, 5.74) is 4.98. The number of aryl methyl sites for hydroxylation is 1. The molecule has 0 radical (unpaired) electrons. The fourth-order valence-corrected chi connectivity index (χ4v) is 5.58. The first-order chi connectivity index (χ1) is 18.1. The number of tetrazole rings is 1. The molecule has 0 aliphatic carbocycles. The number of carbonyl (C=O) groups is 1. The van der Waals surface area contributed by atoms with Gasteiger partial charge in [-0.15, -0.1) is 10.2 Å². The van der Waals surface area contributed by atoms with Crippen LogP contribution in [0, 0.1) is 6.92 Å². The summed E-state index contributed by atoms with van der Waals surface area (Å²) in [4.78, 5) is 20.1. The van der Waals surface area contributed by atoms with Crippen molar-refractivity contribution in [3.8, 4) is 11.4 Å². The predicted octanol–water partition coefficient (Wildman–Crippen LogP) is 1.98. The maximum absolute atomic E-state index is 13.4. The van der Waals surface area contributed by atoms with E-state index in [1.807, 2.05) is 31.3 Å². The summed E-state index contributed by atoms with van der Waals surface area (Å²) in [6.07, 6.45) is 6.14. The van der Waals surface area contributed by atoms with Gasteiger partial charge in [-0.3, -0.25) is 9.69 Å². The van der Waals surface area contributed by atoms with Crippen LogP contribution in [0.1, 0.15) is 34.8 Å². The van der Waals surface area contributed by atoms with Gasteiger partial charge in [0.15, 0.2) is 0 Å². The van der Waals surface area contributed by atoms with Crippen LogP contribution in [0.5, 0.6) is 0 Å². The number of amides is 1. The van der Waals surface area contributed by atoms with Gasteiger partial charge in [-0.2, -0.15) is 9.90 Å². The molecule has 37 heavy (non-hydrogen) atoms. The molecule has 3 aromatic heterocycles. The van der Waals surface area contributed by atoms with Crippen molar-refractivity contribution in [1.29, 1.82) is 0 Å². The van der Waals surface area contributed by atoms with E-state index >= 15 is 0 Å². The molecular formula is C26H30N10O. The molecule has 3 aliphatic heterocycles. The monoisotopic (exact) mass is 498 g/mol. The Morgan fingerprint density at radius 2 is 2.03 bits per heavy atom. The van der Waals surface area contributed by atoms with Crippen LogP contribution < -0.4 is 15.5 Å². The highest BCUT2D eigenvalue weighted by atomic mass is 16.1. The molecule has 0 spiro atoms. The largest absolute Gasteiger partial charge is 0.369 e. The van der Waals surface area contributed by atoms with Crippen LogP contribution in [0.15, 0.2) is 42.7 Å². The fraction of sp³-hybridized carbons (Fsp3) is 0.423. The van der Waals surface area contributed by atoms with E-state index in [0.29, 0.717) is 17.4 Å². The Kier molecular flexibility index (Phi) is 5.40. The maximum Gasteiger partial charge on any atom is 0.259 e. The Labute approximate surface area is 214 Å². The second-order valence-corrected chi connectivity index (χ2v) is 10.3. The van der Waals surface area contributed by atoms with E-state index in [2.05, 4.69) is 53.1 Å². The summed E-state index contributed by atoms with van der Waals surface area (Å²) >= 11 is 0. The molecule has 11 heteroatoms. The number of hydrogen-bond acceptors (Lipinski definition) is 8. The number of carbonyl (C=O) groups excluding carboxylic acids is 1. The SMILES string of the molecule is Cc1ccc(-c2nnn(C3CNC3)n2)cc1NC(=O)c1cnn2ccc(N3CCN4CCC[C@@H]4C3)cc12. The summed E-state index contributed by atoms with van der Waals surface area (Å²) in [5, 5.41) is 23.7. The molecule has 2 N–H and O–H groups in total. The van der Waals surface area contributed by atoms with Gasteiger partial charge in [0.05, 0.1) is 23.3 Å². The zero-order chi connectivity index (χ0) is 24.9. The summed E-state index contributed by atoms with van der Waals surface area (Å²) < 4.78 is 1.77. The number of nitrogens with one attached hydrogen (secondary N) is 2. The molecule has 3 aliphatic rings. The first kappa shape index (κ1) is 22.4. The van der Waals surface area contributed by atoms with E-state index in [-0.39, 0.29) is 11.9 Å². The van der Waals surface area contributed by atoms with Crippen molar-refractivity contribution in [3.05, 3.63) is 53.9 Å². The number of piperazine rings is 1. The van der Waals surface area contributed by atoms with Gasteiger partial charge in [-0.25, -0.2) is 4.52 Å². The third-order valence-corrected chi connectivity index (χ3v) is 7.96. The number of aromatic nitrogens is 6. The van der Waals surface area contributed by atoms with E-state index in [1.165, 1.54) is 19.4 Å². The molecule has 7 rings (SSSR count). The number of rotatable bonds is 5. The van der Waals surface area contributed by atoms with Crippen molar-refractivity contribution in [1.82, 2.24) is 40.0 Å². The highest BCUT2D eigenvalue weighted by Crippen LogP contribution is 2.28. The smallest absolute Gasteiger partial charge is 0.259 e.